The monoisotopic (exact) mass is 274 g/mol. The van der Waals surface area contributed by atoms with Crippen LogP contribution in [0.15, 0.2) is 0 Å². The van der Waals surface area contributed by atoms with Crippen molar-refractivity contribution < 1.29 is 21.1 Å². The molecule has 0 saturated heterocycles. The van der Waals surface area contributed by atoms with Gasteiger partial charge >= 0.3 is 0 Å². The van der Waals surface area contributed by atoms with Gasteiger partial charge in [0.25, 0.3) is 0 Å². The van der Waals surface area contributed by atoms with Crippen LogP contribution in [0.3, 0.4) is 0 Å². The van der Waals surface area contributed by atoms with Crippen LogP contribution >= 0.6 is 0 Å². The summed E-state index contributed by atoms with van der Waals surface area (Å²) in [6.45, 7) is 0. The van der Waals surface area contributed by atoms with Crippen molar-refractivity contribution in [2.24, 2.45) is 0 Å². The Morgan fingerprint density at radius 1 is 0.286 bits per heavy atom. The summed E-state index contributed by atoms with van der Waals surface area (Å²) in [4.78, 5) is 0. The largest absolute Gasteiger partial charge is 0.358 e. The smallest absolute Gasteiger partial charge is 0 e. The van der Waals surface area contributed by atoms with Gasteiger partial charge in [-0.1, -0.05) is 0 Å². The summed E-state index contributed by atoms with van der Waals surface area (Å²) < 4.78 is 0. The van der Waals surface area contributed by atoms with E-state index in [0.29, 0.717) is 0 Å². The first-order valence-electron chi connectivity index (χ1n) is 0. The fourth-order valence-electron chi connectivity index (χ4n) is 0. The van der Waals surface area contributed by atoms with E-state index < -0.39 is 0 Å². The molecule has 0 amide bonds. The van der Waals surface area contributed by atoms with Gasteiger partial charge in [-0.15, -0.1) is 0 Å². The first-order chi connectivity index (χ1) is 0. The van der Waals surface area contributed by atoms with Crippen LogP contribution in [-0.2, 0) is 21.1 Å². The summed E-state index contributed by atoms with van der Waals surface area (Å²) in [6, 6.07) is 0. The zero-order valence-corrected chi connectivity index (χ0v) is 9.34. The Hall–Kier alpha value is 0.688. The third-order valence-electron chi connectivity index (χ3n) is 0. The van der Waals surface area contributed by atoms with Crippen LogP contribution in [0.1, 0.15) is 0 Å². The van der Waals surface area contributed by atoms with Crippen molar-refractivity contribution in [1.29, 1.82) is 0 Å². The molecule has 0 heterocycles. The van der Waals surface area contributed by atoms with E-state index in [1.54, 1.807) is 0 Å². The van der Waals surface area contributed by atoms with E-state index in [9.17, 15) is 0 Å². The molecule has 0 nitrogen and oxygen atoms in total. The van der Waals surface area contributed by atoms with Crippen molar-refractivity contribution in [3.05, 3.63) is 44.6 Å². The van der Waals surface area contributed by atoms with E-state index in [1.807, 2.05) is 0 Å². The third-order valence-corrected chi connectivity index (χ3v) is 0. The molecule has 0 unspecified atom stereocenters. The van der Waals surface area contributed by atoms with E-state index in [4.69, 9.17) is 0 Å². The van der Waals surface area contributed by atoms with E-state index >= 15 is 0 Å². The fraction of sp³-hybridized carbons (Fsp3) is 0. The van der Waals surface area contributed by atoms with E-state index in [2.05, 4.69) is 0 Å². The molecule has 7 heavy (non-hydrogen) atoms. The number of hydrogen-bond donors (Lipinski definition) is 0. The normalized spacial score (nSPS) is 0. The molecule has 0 aliphatic carbocycles. The van der Waals surface area contributed by atoms with Crippen molar-refractivity contribution in [3.8, 4) is 0 Å². The number of hydrogen-bond acceptors (Lipinski definition) is 0. The van der Waals surface area contributed by atoms with Gasteiger partial charge in [-0.05, 0) is 0 Å². The van der Waals surface area contributed by atoms with Gasteiger partial charge in [-0.2, -0.15) is 0 Å². The van der Waals surface area contributed by atoms with E-state index in [1.165, 1.54) is 0 Å². The van der Waals surface area contributed by atoms with Crippen LogP contribution in [0.5, 0.6) is 0 Å². The van der Waals surface area contributed by atoms with Crippen molar-refractivity contribution >= 4 is 0 Å². The molecule has 0 spiro atoms. The molecule has 0 bridgehead atoms. The molecule has 0 atom stereocenters. The van der Waals surface area contributed by atoms with Gasteiger partial charge in [0.05, 0.1) is 0 Å². The molecule has 0 N–H and O–H groups in total. The first kappa shape index (κ1) is 726. The second-order valence-corrected chi connectivity index (χ2v) is 0. The van der Waals surface area contributed by atoms with Gasteiger partial charge in [0.2, 0.25) is 0 Å². The van der Waals surface area contributed by atoms with Crippen LogP contribution in [0.2, 0.25) is 0 Å². The van der Waals surface area contributed by atoms with Crippen molar-refractivity contribution in [2.45, 2.75) is 0 Å². The topological polar surface area (TPSA) is 0 Å². The molecule has 0 aromatic carbocycles. The van der Waals surface area contributed by atoms with Gasteiger partial charge in [-0.25, -0.2) is 0 Å². The molecule has 0 aromatic heterocycles. The third kappa shape index (κ3) is 310. The van der Waals surface area contributed by atoms with Gasteiger partial charge in [-0.3, -0.25) is 0 Å². The molecule has 54 valence electrons. The van der Waals surface area contributed by atoms with Gasteiger partial charge in [0, 0.05) is 21.1 Å². The molecule has 0 aromatic rings. The predicted molar refractivity (Wildman–Crippen MR) is 38.5 cm³/mol. The van der Waals surface area contributed by atoms with Crippen LogP contribution < -0.4 is 0 Å². The summed E-state index contributed by atoms with van der Waals surface area (Å²) in [7, 11) is 0. The van der Waals surface area contributed by atoms with Crippen LogP contribution in [0, 0.1) is 44.6 Å². The average Bonchev–Trinajstić information content (AvgIpc) is 0. The minimum absolute atomic E-state index is 0. The maximum Gasteiger partial charge on any atom is 0 e. The van der Waals surface area contributed by atoms with E-state index in [0.717, 1.165) is 0 Å². The van der Waals surface area contributed by atoms with Gasteiger partial charge in [0.1, 0.15) is 0 Å². The Balaban J connectivity index is 0. The number of rotatable bonds is 0. The molecule has 0 aliphatic heterocycles. The Morgan fingerprint density at radius 2 is 0.286 bits per heavy atom. The second kappa shape index (κ2) is 457. The fourth-order valence-corrected chi connectivity index (χ4v) is 0. The molecule has 0 radical (unpaired) electrons. The maximum absolute atomic E-state index is 0. The zero-order chi connectivity index (χ0) is 0. The summed E-state index contributed by atoms with van der Waals surface area (Å²) >= 11 is 0. The Bertz CT molecular complexity index is 4.14. The Morgan fingerprint density at radius 3 is 0.286 bits per heavy atom. The zero-order valence-electron chi connectivity index (χ0n) is 6.41. The summed E-state index contributed by atoms with van der Waals surface area (Å²) in [5.74, 6) is 0. The van der Waals surface area contributed by atoms with Crippen molar-refractivity contribution in [1.82, 2.24) is 0 Å². The van der Waals surface area contributed by atoms with Crippen LogP contribution in [-0.4, -0.2) is 0 Å². The Kier molecular flexibility index (Phi) is 47400. The minimum atomic E-state index is 0. The first-order valence-corrected chi connectivity index (χ1v) is 0. The van der Waals surface area contributed by atoms with Gasteiger partial charge in [0.15, 0.2) is 0 Å². The average molecular weight is 274 g/mol. The van der Waals surface area contributed by atoms with Crippen molar-refractivity contribution in [3.63, 3.8) is 0 Å². The standard InChI is InChI=1S/6CH3.W/h6*1H3;/q6*-1;. The molecule has 0 fully saturated rings. The van der Waals surface area contributed by atoms with Crippen LogP contribution in [0.25, 0.3) is 0 Å². The molecule has 1 heteroatoms. The molecular formula is C6H18W-6. The molecule has 0 rings (SSSR count). The predicted octanol–water partition coefficient (Wildman–Crippen LogP) is 2.70. The molecule has 0 saturated carbocycles. The van der Waals surface area contributed by atoms with Gasteiger partial charge < -0.3 is 44.6 Å². The summed E-state index contributed by atoms with van der Waals surface area (Å²) in [6.07, 6.45) is 0. The maximum atomic E-state index is 0. The Labute approximate surface area is 66.0 Å². The van der Waals surface area contributed by atoms with Crippen molar-refractivity contribution in [2.75, 3.05) is 0 Å². The SMILES string of the molecule is [CH3-].[CH3-].[CH3-].[CH3-].[CH3-].[CH3-].[W]. The summed E-state index contributed by atoms with van der Waals surface area (Å²) in [5.41, 5.74) is 0. The molecular weight excluding hydrogens is 256 g/mol. The minimum Gasteiger partial charge on any atom is -0.358 e. The molecule has 0 aliphatic rings. The van der Waals surface area contributed by atoms with Crippen LogP contribution in [0.4, 0.5) is 0 Å². The quantitative estimate of drug-likeness (QED) is 0.596. The second-order valence-electron chi connectivity index (χ2n) is 0. The van der Waals surface area contributed by atoms with E-state index in [-0.39, 0.29) is 65.6 Å². The summed E-state index contributed by atoms with van der Waals surface area (Å²) in [5, 5.41) is 0.